The molecular weight excluding hydrogens is 246 g/mol. The second kappa shape index (κ2) is 12.1. The van der Waals surface area contributed by atoms with Gasteiger partial charge in [-0.2, -0.15) is 0 Å². The zero-order chi connectivity index (χ0) is 14.6. The lowest BCUT2D eigenvalue weighted by Crippen LogP contribution is -2.46. The Bertz CT molecular complexity index is 158. The van der Waals surface area contributed by atoms with Crippen molar-refractivity contribution < 1.29 is 13.3 Å². The van der Waals surface area contributed by atoms with Crippen molar-refractivity contribution in [3.8, 4) is 0 Å². The molecule has 0 heterocycles. The van der Waals surface area contributed by atoms with Crippen LogP contribution in [0.15, 0.2) is 0 Å². The molecule has 5 heteroatoms. The molecule has 0 unspecified atom stereocenters. The first-order valence-electron chi connectivity index (χ1n) is 7.00. The Kier molecular flexibility index (Phi) is 13.7. The van der Waals surface area contributed by atoms with E-state index in [0.29, 0.717) is 31.8 Å². The van der Waals surface area contributed by atoms with Crippen molar-refractivity contribution in [1.29, 1.82) is 0 Å². The molecule has 0 bridgehead atoms. The lowest BCUT2D eigenvalue weighted by Gasteiger charge is -2.29. The van der Waals surface area contributed by atoms with E-state index < -0.39 is 8.80 Å². The minimum atomic E-state index is -2.36. The van der Waals surface area contributed by atoms with Crippen molar-refractivity contribution in [3.63, 3.8) is 0 Å². The van der Waals surface area contributed by atoms with E-state index in [1.807, 2.05) is 34.6 Å². The third-order valence-electron chi connectivity index (χ3n) is 1.75. The zero-order valence-electron chi connectivity index (χ0n) is 13.3. The van der Waals surface area contributed by atoms with Crippen molar-refractivity contribution in [1.82, 2.24) is 0 Å². The molecule has 0 fully saturated rings. The summed E-state index contributed by atoms with van der Waals surface area (Å²) < 4.78 is 17.1. The topological polar surface area (TPSA) is 53.7 Å². The molecule has 0 saturated heterocycles. The maximum Gasteiger partial charge on any atom is 0.501 e. The fraction of sp³-hybridized carbons (Fsp3) is 1.00. The van der Waals surface area contributed by atoms with Crippen LogP contribution >= 0.6 is 0 Å². The van der Waals surface area contributed by atoms with Gasteiger partial charge in [0.05, 0.1) is 0 Å². The van der Waals surface area contributed by atoms with Gasteiger partial charge in [-0.05, 0) is 32.7 Å². The van der Waals surface area contributed by atoms with Gasteiger partial charge in [-0.3, -0.25) is 0 Å². The summed E-state index contributed by atoms with van der Waals surface area (Å²) >= 11 is 0. The largest absolute Gasteiger partial charge is 0.501 e. The molecule has 0 aliphatic rings. The van der Waals surface area contributed by atoms with Gasteiger partial charge < -0.3 is 19.0 Å². The van der Waals surface area contributed by atoms with E-state index in [0.717, 1.165) is 6.04 Å². The predicted octanol–water partition coefficient (Wildman–Crippen LogP) is 3.04. The minimum Gasteiger partial charge on any atom is -0.374 e. The van der Waals surface area contributed by atoms with Crippen molar-refractivity contribution >= 4 is 8.80 Å². The molecule has 0 aliphatic carbocycles. The number of nitrogens with two attached hydrogens (primary N) is 1. The predicted molar refractivity (Wildman–Crippen MR) is 79.6 cm³/mol. The molecule has 0 radical (unpaired) electrons. The summed E-state index contributed by atoms with van der Waals surface area (Å²) in [4.78, 5) is 0. The molecule has 0 aliphatic heterocycles. The third kappa shape index (κ3) is 12.5. The van der Waals surface area contributed by atoms with Crippen LogP contribution < -0.4 is 5.73 Å². The Labute approximate surface area is 115 Å². The molecule has 18 heavy (non-hydrogen) atoms. The second-order valence-electron chi connectivity index (χ2n) is 4.82. The first kappa shape index (κ1) is 20.4. The molecule has 4 nitrogen and oxygen atoms in total. The third-order valence-corrected chi connectivity index (χ3v) is 5.25. The molecule has 0 amide bonds. The highest BCUT2D eigenvalue weighted by Gasteiger charge is 2.40. The average molecular weight is 279 g/mol. The van der Waals surface area contributed by atoms with E-state index in [1.54, 1.807) is 0 Å². The Morgan fingerprint density at radius 1 is 0.833 bits per heavy atom. The van der Waals surface area contributed by atoms with Crippen LogP contribution in [0, 0.1) is 5.92 Å². The van der Waals surface area contributed by atoms with Crippen molar-refractivity contribution in [3.05, 3.63) is 0 Å². The highest BCUT2D eigenvalue weighted by atomic mass is 28.4. The number of hydrogen-bond donors (Lipinski definition) is 1. The van der Waals surface area contributed by atoms with Gasteiger partial charge in [0.15, 0.2) is 0 Å². The lowest BCUT2D eigenvalue weighted by molar-refractivity contribution is 0.0683. The number of rotatable bonds is 8. The van der Waals surface area contributed by atoms with Crippen LogP contribution in [0.1, 0.15) is 48.5 Å². The maximum atomic E-state index is 5.72. The van der Waals surface area contributed by atoms with Crippen LogP contribution in [-0.4, -0.2) is 34.7 Å². The maximum absolute atomic E-state index is 5.72. The highest BCUT2D eigenvalue weighted by molar-refractivity contribution is 6.60. The fourth-order valence-electron chi connectivity index (χ4n) is 1.46. The van der Waals surface area contributed by atoms with Crippen molar-refractivity contribution in [2.75, 3.05) is 19.8 Å². The molecule has 0 atom stereocenters. The van der Waals surface area contributed by atoms with Crippen LogP contribution in [0.2, 0.25) is 6.04 Å². The smallest absolute Gasteiger partial charge is 0.374 e. The molecular formula is C13H33NO3Si. The zero-order valence-corrected chi connectivity index (χ0v) is 14.3. The van der Waals surface area contributed by atoms with Gasteiger partial charge in [0.25, 0.3) is 0 Å². The van der Waals surface area contributed by atoms with E-state index in [9.17, 15) is 0 Å². The fourth-order valence-corrected chi connectivity index (χ4v) is 4.38. The van der Waals surface area contributed by atoms with Gasteiger partial charge in [-0.25, -0.2) is 0 Å². The summed E-state index contributed by atoms with van der Waals surface area (Å²) in [6, 6.07) is 1.24. The van der Waals surface area contributed by atoms with Gasteiger partial charge in [0.2, 0.25) is 0 Å². The van der Waals surface area contributed by atoms with Gasteiger partial charge >= 0.3 is 8.80 Å². The Morgan fingerprint density at radius 2 is 1.11 bits per heavy atom. The van der Waals surface area contributed by atoms with Crippen LogP contribution in [0.4, 0.5) is 0 Å². The SMILES string of the molecule is CC(C)N.CCO[Si](CC(C)C)(OCC)OCC. The monoisotopic (exact) mass is 279 g/mol. The number of hydrogen-bond acceptors (Lipinski definition) is 4. The first-order chi connectivity index (χ1) is 8.33. The summed E-state index contributed by atoms with van der Waals surface area (Å²) in [6.07, 6.45) is 0. The Morgan fingerprint density at radius 3 is 1.28 bits per heavy atom. The Balaban J connectivity index is 0. The van der Waals surface area contributed by atoms with E-state index in [-0.39, 0.29) is 0 Å². The molecule has 2 N–H and O–H groups in total. The normalized spacial score (nSPS) is 11.7. The summed E-state index contributed by atoms with van der Waals surface area (Å²) in [5, 5.41) is 0. The minimum absolute atomic E-state index is 0.333. The lowest BCUT2D eigenvalue weighted by atomic mass is 10.3. The molecule has 0 aromatic carbocycles. The summed E-state index contributed by atoms with van der Waals surface area (Å²) in [5.41, 5.74) is 5.11. The van der Waals surface area contributed by atoms with Gasteiger partial charge in [0.1, 0.15) is 0 Å². The summed E-state index contributed by atoms with van der Waals surface area (Å²) in [6.45, 7) is 16.2. The van der Waals surface area contributed by atoms with Crippen molar-refractivity contribution in [2.24, 2.45) is 11.7 Å². The van der Waals surface area contributed by atoms with Crippen LogP contribution in [0.5, 0.6) is 0 Å². The van der Waals surface area contributed by atoms with Gasteiger partial charge in [0, 0.05) is 25.9 Å². The summed E-state index contributed by atoms with van der Waals surface area (Å²) in [5.74, 6) is 0.548. The summed E-state index contributed by atoms with van der Waals surface area (Å²) in [7, 11) is -2.36. The molecule has 0 aromatic heterocycles. The van der Waals surface area contributed by atoms with Gasteiger partial charge in [-0.1, -0.05) is 27.7 Å². The van der Waals surface area contributed by atoms with Crippen LogP contribution in [0.25, 0.3) is 0 Å². The second-order valence-corrected chi connectivity index (χ2v) is 7.46. The van der Waals surface area contributed by atoms with E-state index >= 15 is 0 Å². The van der Waals surface area contributed by atoms with Crippen LogP contribution in [-0.2, 0) is 13.3 Å². The van der Waals surface area contributed by atoms with Crippen LogP contribution in [0.3, 0.4) is 0 Å². The highest BCUT2D eigenvalue weighted by Crippen LogP contribution is 2.20. The standard InChI is InChI=1S/C10H24O3Si.C3H9N/c1-6-11-14(12-7-2,13-8-3)9-10(4)5;1-3(2)4/h10H,6-9H2,1-5H3;3H,4H2,1-2H3. The van der Waals surface area contributed by atoms with Gasteiger partial charge in [-0.15, -0.1) is 0 Å². The molecule has 0 spiro atoms. The quantitative estimate of drug-likeness (QED) is 0.694. The molecule has 112 valence electrons. The van der Waals surface area contributed by atoms with Crippen molar-refractivity contribution in [2.45, 2.75) is 60.6 Å². The molecule has 0 saturated carbocycles. The van der Waals surface area contributed by atoms with E-state index in [2.05, 4.69) is 13.8 Å². The molecule has 0 rings (SSSR count). The first-order valence-corrected chi connectivity index (χ1v) is 8.94. The average Bonchev–Trinajstić information content (AvgIpc) is 2.16. The van der Waals surface area contributed by atoms with E-state index in [4.69, 9.17) is 19.0 Å². The molecule has 0 aromatic rings. The Hall–Kier alpha value is 0.0569. The van der Waals surface area contributed by atoms with E-state index in [1.165, 1.54) is 0 Å².